The number of aryl methyl sites for hydroxylation is 1. The van der Waals surface area contributed by atoms with Crippen LogP contribution in [0.4, 0.5) is 10.2 Å². The Morgan fingerprint density at radius 1 is 1.26 bits per heavy atom. The van der Waals surface area contributed by atoms with Crippen molar-refractivity contribution < 1.29 is 9.18 Å². The Morgan fingerprint density at radius 3 is 2.81 bits per heavy atom. The van der Waals surface area contributed by atoms with Gasteiger partial charge in [0.25, 0.3) is 0 Å². The van der Waals surface area contributed by atoms with Gasteiger partial charge < -0.3 is 4.90 Å². The Labute approximate surface area is 183 Å². The van der Waals surface area contributed by atoms with Gasteiger partial charge in [-0.3, -0.25) is 9.78 Å². The van der Waals surface area contributed by atoms with Crippen LogP contribution in [0, 0.1) is 5.82 Å². The van der Waals surface area contributed by atoms with Gasteiger partial charge in [0.05, 0.1) is 24.0 Å². The van der Waals surface area contributed by atoms with Crippen LogP contribution in [0.1, 0.15) is 87.5 Å². The molecular formula is C24H32FN5O. The predicted octanol–water partition coefficient (Wildman–Crippen LogP) is 5.57. The van der Waals surface area contributed by atoms with Crippen molar-refractivity contribution in [2.75, 3.05) is 11.4 Å². The molecule has 0 aromatic carbocycles. The Balaban J connectivity index is 0.00000132. The van der Waals surface area contributed by atoms with E-state index in [1.807, 2.05) is 26.1 Å². The lowest BCUT2D eigenvalue weighted by Crippen LogP contribution is -2.25. The summed E-state index contributed by atoms with van der Waals surface area (Å²) in [5.41, 5.74) is 3.00. The summed E-state index contributed by atoms with van der Waals surface area (Å²) in [7, 11) is 0. The van der Waals surface area contributed by atoms with Crippen molar-refractivity contribution in [3.63, 3.8) is 0 Å². The maximum Gasteiger partial charge on any atom is 0.168 e. The lowest BCUT2D eigenvalue weighted by atomic mass is 9.99. The second-order valence-corrected chi connectivity index (χ2v) is 7.67. The summed E-state index contributed by atoms with van der Waals surface area (Å²) >= 11 is 0. The van der Waals surface area contributed by atoms with Crippen LogP contribution in [-0.4, -0.2) is 31.9 Å². The third kappa shape index (κ3) is 4.92. The van der Waals surface area contributed by atoms with E-state index in [2.05, 4.69) is 21.9 Å². The lowest BCUT2D eigenvalue weighted by molar-refractivity contribution is 0.101. The normalized spacial score (nSPS) is 15.8. The van der Waals surface area contributed by atoms with Crippen molar-refractivity contribution in [2.24, 2.45) is 0 Å². The fourth-order valence-corrected chi connectivity index (χ4v) is 4.16. The largest absolute Gasteiger partial charge is 0.349 e. The molecule has 0 radical (unpaired) electrons. The molecule has 0 bridgehead atoms. The number of rotatable bonds is 7. The quantitative estimate of drug-likeness (QED) is 0.366. The van der Waals surface area contributed by atoms with E-state index in [1.165, 1.54) is 13.1 Å². The summed E-state index contributed by atoms with van der Waals surface area (Å²) in [6.45, 7) is 8.53. The fraction of sp³-hybridized carbons (Fsp3) is 0.500. The highest BCUT2D eigenvalue weighted by molar-refractivity contribution is 5.99. The molecule has 0 aliphatic carbocycles. The van der Waals surface area contributed by atoms with Gasteiger partial charge in [0.15, 0.2) is 11.4 Å². The van der Waals surface area contributed by atoms with E-state index in [-0.39, 0.29) is 17.6 Å². The van der Waals surface area contributed by atoms with Crippen LogP contribution in [0.3, 0.4) is 0 Å². The first-order valence-electron chi connectivity index (χ1n) is 11.3. The molecule has 1 fully saturated rings. The third-order valence-electron chi connectivity index (χ3n) is 5.63. The molecule has 4 heterocycles. The average Bonchev–Trinajstić information content (AvgIpc) is 3.43. The van der Waals surface area contributed by atoms with Gasteiger partial charge in [0, 0.05) is 18.4 Å². The topological polar surface area (TPSA) is 63.4 Å². The molecule has 0 unspecified atom stereocenters. The Morgan fingerprint density at radius 2 is 2.06 bits per heavy atom. The molecule has 3 aromatic heterocycles. The second-order valence-electron chi connectivity index (χ2n) is 7.67. The van der Waals surface area contributed by atoms with Crippen molar-refractivity contribution >= 4 is 17.2 Å². The number of carbonyl (C=O) groups is 1. The molecule has 0 saturated carbocycles. The molecule has 1 aliphatic rings. The zero-order chi connectivity index (χ0) is 22.4. The number of pyridine rings is 1. The van der Waals surface area contributed by atoms with Gasteiger partial charge in [-0.2, -0.15) is 5.10 Å². The van der Waals surface area contributed by atoms with Crippen molar-refractivity contribution in [3.05, 3.63) is 53.4 Å². The van der Waals surface area contributed by atoms with Crippen LogP contribution in [0.15, 0.2) is 30.7 Å². The highest BCUT2D eigenvalue weighted by Crippen LogP contribution is 2.37. The van der Waals surface area contributed by atoms with Crippen molar-refractivity contribution in [1.29, 1.82) is 0 Å². The fourth-order valence-electron chi connectivity index (χ4n) is 4.16. The number of aromatic nitrogens is 4. The number of halogens is 1. The zero-order valence-electron chi connectivity index (χ0n) is 18.9. The molecule has 6 nitrogen and oxygen atoms in total. The SMILES string of the molecule is CC.CCCCCc1ncc(F)cc1[C@H]1CCCN1c1ccn2ncc(C(C)=O)c2n1. The van der Waals surface area contributed by atoms with E-state index in [0.717, 1.165) is 62.1 Å². The number of nitrogens with zero attached hydrogens (tertiary/aromatic N) is 5. The molecule has 0 amide bonds. The van der Waals surface area contributed by atoms with Crippen molar-refractivity contribution in [3.8, 4) is 0 Å². The first-order valence-corrected chi connectivity index (χ1v) is 11.3. The van der Waals surface area contributed by atoms with Gasteiger partial charge in [-0.05, 0) is 50.3 Å². The molecule has 1 saturated heterocycles. The van der Waals surface area contributed by atoms with Crippen LogP contribution in [0.2, 0.25) is 0 Å². The van der Waals surface area contributed by atoms with Crippen LogP contribution >= 0.6 is 0 Å². The van der Waals surface area contributed by atoms with E-state index < -0.39 is 0 Å². The maximum absolute atomic E-state index is 14.1. The second kappa shape index (κ2) is 10.5. The number of unbranched alkanes of at least 4 members (excludes halogenated alkanes) is 2. The molecule has 7 heteroatoms. The number of ketones is 1. The van der Waals surface area contributed by atoms with E-state index in [4.69, 9.17) is 4.98 Å². The molecule has 1 aliphatic heterocycles. The van der Waals surface area contributed by atoms with E-state index >= 15 is 0 Å². The summed E-state index contributed by atoms with van der Waals surface area (Å²) in [6.07, 6.45) is 10.8. The molecule has 0 N–H and O–H groups in total. The summed E-state index contributed by atoms with van der Waals surface area (Å²) in [5, 5.41) is 4.21. The molecule has 31 heavy (non-hydrogen) atoms. The first kappa shape index (κ1) is 22.8. The minimum atomic E-state index is -0.302. The highest BCUT2D eigenvalue weighted by atomic mass is 19.1. The molecule has 1 atom stereocenters. The van der Waals surface area contributed by atoms with E-state index in [9.17, 15) is 9.18 Å². The predicted molar refractivity (Wildman–Crippen MR) is 121 cm³/mol. The Bertz CT molecular complexity index is 1030. The van der Waals surface area contributed by atoms with Gasteiger partial charge in [-0.1, -0.05) is 33.6 Å². The number of Topliss-reactive ketones (excluding diaryl/α,β-unsaturated/α-hetero) is 1. The zero-order valence-corrected chi connectivity index (χ0v) is 18.9. The minimum absolute atomic E-state index is 0.0356. The Kier molecular flexibility index (Phi) is 7.71. The molecular weight excluding hydrogens is 393 g/mol. The lowest BCUT2D eigenvalue weighted by Gasteiger charge is -2.27. The summed E-state index contributed by atoms with van der Waals surface area (Å²) in [4.78, 5) is 23.2. The third-order valence-corrected chi connectivity index (χ3v) is 5.63. The maximum atomic E-state index is 14.1. The van der Waals surface area contributed by atoms with E-state index in [0.29, 0.717) is 11.2 Å². The number of hydrogen-bond acceptors (Lipinski definition) is 5. The minimum Gasteiger partial charge on any atom is -0.349 e. The molecule has 0 spiro atoms. The number of carbonyl (C=O) groups excluding carboxylic acids is 1. The monoisotopic (exact) mass is 425 g/mol. The van der Waals surface area contributed by atoms with Crippen LogP contribution in [0.5, 0.6) is 0 Å². The highest BCUT2D eigenvalue weighted by Gasteiger charge is 2.30. The number of hydrogen-bond donors (Lipinski definition) is 0. The number of anilines is 1. The van der Waals surface area contributed by atoms with Gasteiger partial charge in [-0.15, -0.1) is 0 Å². The molecule has 3 aromatic rings. The van der Waals surface area contributed by atoms with Crippen LogP contribution in [-0.2, 0) is 6.42 Å². The molecule has 4 rings (SSSR count). The smallest absolute Gasteiger partial charge is 0.168 e. The van der Waals surface area contributed by atoms with Crippen LogP contribution in [0.25, 0.3) is 5.65 Å². The Hall–Kier alpha value is -2.83. The van der Waals surface area contributed by atoms with Crippen molar-refractivity contribution in [1.82, 2.24) is 19.6 Å². The summed E-state index contributed by atoms with van der Waals surface area (Å²) in [5.74, 6) is 0.422. The summed E-state index contributed by atoms with van der Waals surface area (Å²) < 4.78 is 15.7. The van der Waals surface area contributed by atoms with Gasteiger partial charge in [-0.25, -0.2) is 13.9 Å². The van der Waals surface area contributed by atoms with Crippen molar-refractivity contribution in [2.45, 2.75) is 72.3 Å². The van der Waals surface area contributed by atoms with Gasteiger partial charge >= 0.3 is 0 Å². The van der Waals surface area contributed by atoms with Gasteiger partial charge in [0.2, 0.25) is 0 Å². The average molecular weight is 426 g/mol. The van der Waals surface area contributed by atoms with Gasteiger partial charge in [0.1, 0.15) is 11.6 Å². The first-order chi connectivity index (χ1) is 15.1. The standard InChI is InChI=1S/C22H26FN5O.C2H6/c1-3-4-5-7-19-17(12-16(23)13-24-19)20-8-6-10-27(20)21-9-11-28-22(26-21)18(14-25-28)15(2)29;1-2/h9,11-14,20H,3-8,10H2,1-2H3;1-2H3/t20-;/m1./s1. The van der Waals surface area contributed by atoms with E-state index in [1.54, 1.807) is 16.8 Å². The molecule has 166 valence electrons. The van der Waals surface area contributed by atoms with Crippen LogP contribution < -0.4 is 4.90 Å². The number of fused-ring (bicyclic) bond motifs is 1. The summed E-state index contributed by atoms with van der Waals surface area (Å²) in [6, 6.07) is 3.58.